The Labute approximate surface area is 108 Å². The normalized spacial score (nSPS) is 13.3. The first-order valence-electron chi connectivity index (χ1n) is 5.76. The van der Waals surface area contributed by atoms with E-state index >= 15 is 0 Å². The van der Waals surface area contributed by atoms with Crippen molar-refractivity contribution in [2.45, 2.75) is 20.0 Å². The molecule has 1 aromatic carbocycles. The van der Waals surface area contributed by atoms with Gasteiger partial charge in [-0.2, -0.15) is 8.42 Å². The van der Waals surface area contributed by atoms with Crippen LogP contribution in [0.3, 0.4) is 0 Å². The molecule has 0 aliphatic heterocycles. The number of rotatable bonds is 6. The van der Waals surface area contributed by atoms with Crippen LogP contribution in [0, 0.1) is 6.92 Å². The zero-order valence-corrected chi connectivity index (χ0v) is 11.4. The minimum absolute atomic E-state index is 0.166. The quantitative estimate of drug-likeness (QED) is 0.758. The van der Waals surface area contributed by atoms with Crippen molar-refractivity contribution in [3.63, 3.8) is 0 Å². The molecule has 102 valence electrons. The maximum Gasteiger partial charge on any atom is 0.267 e. The van der Waals surface area contributed by atoms with Gasteiger partial charge in [0.05, 0.1) is 6.10 Å². The molecule has 0 aliphatic rings. The molecule has 18 heavy (non-hydrogen) atoms. The molecule has 1 rings (SSSR count). The number of aliphatic hydroxyl groups excluding tert-OH is 1. The number of likely N-dealkylation sites (N-methyl/N-ethyl adjacent to an activating group) is 1. The minimum atomic E-state index is -4.14. The predicted octanol–water partition coefficient (Wildman–Crippen LogP) is 1.07. The van der Waals surface area contributed by atoms with Gasteiger partial charge in [0.2, 0.25) is 0 Å². The Kier molecular flexibility index (Phi) is 5.13. The summed E-state index contributed by atoms with van der Waals surface area (Å²) in [5.74, 6) is -0.643. The van der Waals surface area contributed by atoms with E-state index in [1.165, 1.54) is 0 Å². The van der Waals surface area contributed by atoms with Crippen LogP contribution in [-0.4, -0.2) is 43.0 Å². The van der Waals surface area contributed by atoms with E-state index in [2.05, 4.69) is 0 Å². The number of hydrogen-bond acceptors (Lipinski definition) is 4. The third-order valence-electron chi connectivity index (χ3n) is 2.61. The lowest BCUT2D eigenvalue weighted by atomic mass is 10.2. The van der Waals surface area contributed by atoms with Gasteiger partial charge >= 0.3 is 0 Å². The highest BCUT2D eigenvalue weighted by molar-refractivity contribution is 7.85. The number of hydrogen-bond donors (Lipinski definition) is 2. The molecule has 0 saturated carbocycles. The van der Waals surface area contributed by atoms with E-state index < -0.39 is 22.0 Å². The molecule has 0 radical (unpaired) electrons. The summed E-state index contributed by atoms with van der Waals surface area (Å²) in [4.78, 5) is 1.86. The van der Waals surface area contributed by atoms with Crippen LogP contribution in [0.15, 0.2) is 24.3 Å². The zero-order chi connectivity index (χ0) is 13.8. The zero-order valence-electron chi connectivity index (χ0n) is 10.6. The van der Waals surface area contributed by atoms with E-state index in [0.717, 1.165) is 11.3 Å². The number of aliphatic hydroxyl groups is 1. The summed E-state index contributed by atoms with van der Waals surface area (Å²) < 4.78 is 30.0. The molecule has 0 amide bonds. The van der Waals surface area contributed by atoms with E-state index in [0.29, 0.717) is 6.54 Å². The second kappa shape index (κ2) is 6.17. The highest BCUT2D eigenvalue weighted by atomic mass is 32.2. The summed E-state index contributed by atoms with van der Waals surface area (Å²) in [5, 5.41) is 9.62. The molecular formula is C12H19NO4S. The van der Waals surface area contributed by atoms with Crippen molar-refractivity contribution < 1.29 is 18.1 Å². The molecular weight excluding hydrogens is 254 g/mol. The average molecular weight is 273 g/mol. The van der Waals surface area contributed by atoms with Crippen LogP contribution in [-0.2, 0) is 10.1 Å². The summed E-state index contributed by atoms with van der Waals surface area (Å²) in [6.45, 7) is 4.71. The van der Waals surface area contributed by atoms with Gasteiger partial charge in [-0.25, -0.2) is 0 Å². The highest BCUT2D eigenvalue weighted by Gasteiger charge is 2.17. The van der Waals surface area contributed by atoms with E-state index in [4.69, 9.17) is 4.55 Å². The van der Waals surface area contributed by atoms with Crippen LogP contribution >= 0.6 is 0 Å². The summed E-state index contributed by atoms with van der Waals surface area (Å²) in [7, 11) is -4.14. The lowest BCUT2D eigenvalue weighted by Crippen LogP contribution is -2.36. The van der Waals surface area contributed by atoms with Gasteiger partial charge < -0.3 is 10.0 Å². The molecule has 0 bridgehead atoms. The van der Waals surface area contributed by atoms with Crippen LogP contribution < -0.4 is 4.90 Å². The maximum absolute atomic E-state index is 10.7. The SMILES string of the molecule is CCN(CC(O)CS(=O)(=O)O)c1ccc(C)cc1. The highest BCUT2D eigenvalue weighted by Crippen LogP contribution is 2.15. The number of benzene rings is 1. The van der Waals surface area contributed by atoms with Gasteiger partial charge in [-0.1, -0.05) is 17.7 Å². The lowest BCUT2D eigenvalue weighted by molar-refractivity contribution is 0.200. The Balaban J connectivity index is 2.70. The third-order valence-corrected chi connectivity index (χ3v) is 3.42. The van der Waals surface area contributed by atoms with E-state index in [9.17, 15) is 13.5 Å². The van der Waals surface area contributed by atoms with Crippen molar-refractivity contribution in [2.24, 2.45) is 0 Å². The Morgan fingerprint density at radius 1 is 1.28 bits per heavy atom. The molecule has 2 N–H and O–H groups in total. The van der Waals surface area contributed by atoms with Crippen LogP contribution in [0.25, 0.3) is 0 Å². The second-order valence-electron chi connectivity index (χ2n) is 4.28. The van der Waals surface area contributed by atoms with Gasteiger partial charge in [-0.05, 0) is 26.0 Å². The predicted molar refractivity (Wildman–Crippen MR) is 71.5 cm³/mol. The van der Waals surface area contributed by atoms with Crippen LogP contribution in [0.5, 0.6) is 0 Å². The van der Waals surface area contributed by atoms with Gasteiger partial charge in [-0.3, -0.25) is 4.55 Å². The molecule has 0 aliphatic carbocycles. The van der Waals surface area contributed by atoms with Gasteiger partial charge in [0.1, 0.15) is 5.75 Å². The molecule has 0 spiro atoms. The molecule has 6 heteroatoms. The Hall–Kier alpha value is -1.11. The first-order valence-corrected chi connectivity index (χ1v) is 7.37. The lowest BCUT2D eigenvalue weighted by Gasteiger charge is -2.25. The smallest absolute Gasteiger partial charge is 0.267 e. The fraction of sp³-hybridized carbons (Fsp3) is 0.500. The maximum atomic E-state index is 10.7. The van der Waals surface area contributed by atoms with Crippen LogP contribution in [0.1, 0.15) is 12.5 Å². The van der Waals surface area contributed by atoms with E-state index in [-0.39, 0.29) is 6.54 Å². The van der Waals surface area contributed by atoms with Crippen molar-refractivity contribution in [3.05, 3.63) is 29.8 Å². The van der Waals surface area contributed by atoms with Crippen LogP contribution in [0.4, 0.5) is 5.69 Å². The molecule has 1 unspecified atom stereocenters. The average Bonchev–Trinajstić information content (AvgIpc) is 2.25. The van der Waals surface area contributed by atoms with Gasteiger partial charge in [0, 0.05) is 18.8 Å². The number of nitrogens with zero attached hydrogens (tertiary/aromatic N) is 1. The fourth-order valence-electron chi connectivity index (χ4n) is 1.72. The molecule has 1 atom stereocenters. The summed E-state index contributed by atoms with van der Waals surface area (Å²) >= 11 is 0. The largest absolute Gasteiger partial charge is 0.390 e. The third kappa shape index (κ3) is 5.03. The Morgan fingerprint density at radius 2 is 1.83 bits per heavy atom. The van der Waals surface area contributed by atoms with Gasteiger partial charge in [0.25, 0.3) is 10.1 Å². The molecule has 0 saturated heterocycles. The van der Waals surface area contributed by atoms with Crippen molar-refractivity contribution in [1.29, 1.82) is 0 Å². The first kappa shape index (κ1) is 14.9. The van der Waals surface area contributed by atoms with Crippen LogP contribution in [0.2, 0.25) is 0 Å². The van der Waals surface area contributed by atoms with Crippen molar-refractivity contribution in [3.8, 4) is 0 Å². The van der Waals surface area contributed by atoms with Gasteiger partial charge in [-0.15, -0.1) is 0 Å². The Morgan fingerprint density at radius 3 is 2.28 bits per heavy atom. The molecule has 0 aromatic heterocycles. The van der Waals surface area contributed by atoms with E-state index in [1.807, 2.05) is 43.0 Å². The summed E-state index contributed by atoms with van der Waals surface area (Å²) in [5.41, 5.74) is 2.05. The van der Waals surface area contributed by atoms with Crippen molar-refractivity contribution >= 4 is 15.8 Å². The van der Waals surface area contributed by atoms with Crippen molar-refractivity contribution in [1.82, 2.24) is 0 Å². The van der Waals surface area contributed by atoms with Gasteiger partial charge in [0.15, 0.2) is 0 Å². The fourth-order valence-corrected chi connectivity index (χ4v) is 2.31. The molecule has 5 nitrogen and oxygen atoms in total. The summed E-state index contributed by atoms with van der Waals surface area (Å²) in [6, 6.07) is 7.73. The number of anilines is 1. The summed E-state index contributed by atoms with van der Waals surface area (Å²) in [6.07, 6.45) is -1.11. The topological polar surface area (TPSA) is 77.8 Å². The Bertz CT molecular complexity index is 469. The van der Waals surface area contributed by atoms with Crippen molar-refractivity contribution in [2.75, 3.05) is 23.7 Å². The monoisotopic (exact) mass is 273 g/mol. The standard InChI is InChI=1S/C12H19NO4S/c1-3-13(8-12(14)9-18(15,16)17)11-6-4-10(2)5-7-11/h4-7,12,14H,3,8-9H2,1-2H3,(H,15,16,17). The van der Waals surface area contributed by atoms with E-state index in [1.54, 1.807) is 0 Å². The molecule has 0 heterocycles. The minimum Gasteiger partial charge on any atom is -0.390 e. The molecule has 1 aromatic rings. The molecule has 0 fully saturated rings. The first-order chi connectivity index (χ1) is 8.31. The number of aryl methyl sites for hydroxylation is 1. The second-order valence-corrected chi connectivity index (χ2v) is 5.77.